The van der Waals surface area contributed by atoms with Crippen molar-refractivity contribution in [1.29, 1.82) is 0 Å². The summed E-state index contributed by atoms with van der Waals surface area (Å²) in [5.41, 5.74) is 3.49. The monoisotopic (exact) mass is 493 g/mol. The van der Waals surface area contributed by atoms with Crippen molar-refractivity contribution in [1.82, 2.24) is 4.90 Å². The molecule has 0 bridgehead atoms. The summed E-state index contributed by atoms with van der Waals surface area (Å²) in [5.74, 6) is -4.10. The van der Waals surface area contributed by atoms with Crippen LogP contribution in [0.4, 0.5) is 8.78 Å². The molecule has 1 aromatic carbocycles. The van der Waals surface area contributed by atoms with Crippen LogP contribution < -0.4 is 0 Å². The lowest BCUT2D eigenvalue weighted by Gasteiger charge is -2.40. The number of fused-ring (bicyclic) bond motifs is 1. The molecule has 148 valence electrons. The van der Waals surface area contributed by atoms with Gasteiger partial charge in [0.05, 0.1) is 6.42 Å². The lowest BCUT2D eigenvalue weighted by molar-refractivity contribution is -0.147. The van der Waals surface area contributed by atoms with E-state index in [1.807, 2.05) is 29.5 Å². The number of carboxylic acid groups (broad SMARTS) is 1. The van der Waals surface area contributed by atoms with E-state index in [2.05, 4.69) is 0 Å². The van der Waals surface area contributed by atoms with E-state index < -0.39 is 18.0 Å². The van der Waals surface area contributed by atoms with Crippen LogP contribution >= 0.6 is 22.6 Å². The van der Waals surface area contributed by atoms with Crippen LogP contribution in [0.25, 0.3) is 0 Å². The standard InChI is InChI=1S/C19H22F2INO4/c1-9-12-7-14(24)23(11-3-5-19(20,21)6-4-11)8-13(12)10(2)16(22)15(9)17(25)18(26)27/h11,17,25H,3-8H2,1-2H3,(H,26,27)/t17-/m0/s1. The molecular formula is C19H22F2INO4. The van der Waals surface area contributed by atoms with Gasteiger partial charge >= 0.3 is 5.97 Å². The van der Waals surface area contributed by atoms with E-state index in [-0.39, 0.29) is 31.2 Å². The zero-order chi connectivity index (χ0) is 20.1. The van der Waals surface area contributed by atoms with Crippen molar-refractivity contribution >= 4 is 34.5 Å². The Balaban J connectivity index is 1.96. The zero-order valence-corrected chi connectivity index (χ0v) is 17.3. The molecule has 8 heteroatoms. The predicted octanol–water partition coefficient (Wildman–Crippen LogP) is 3.49. The number of rotatable bonds is 3. The number of benzene rings is 1. The molecule has 1 amide bonds. The molecular weight excluding hydrogens is 471 g/mol. The van der Waals surface area contributed by atoms with Crippen LogP contribution in [0.1, 0.15) is 59.6 Å². The van der Waals surface area contributed by atoms with Crippen LogP contribution in [-0.4, -0.2) is 39.0 Å². The molecule has 0 radical (unpaired) electrons. The van der Waals surface area contributed by atoms with E-state index in [9.17, 15) is 28.6 Å². The predicted molar refractivity (Wildman–Crippen MR) is 103 cm³/mol. The van der Waals surface area contributed by atoms with E-state index in [1.165, 1.54) is 0 Å². The van der Waals surface area contributed by atoms with E-state index in [0.717, 1.165) is 16.7 Å². The number of aliphatic hydroxyl groups excluding tert-OH is 1. The Morgan fingerprint density at radius 1 is 1.22 bits per heavy atom. The molecule has 1 aromatic rings. The molecule has 1 fully saturated rings. The van der Waals surface area contributed by atoms with Crippen molar-refractivity contribution in [2.24, 2.45) is 0 Å². The Morgan fingerprint density at radius 2 is 1.81 bits per heavy atom. The van der Waals surface area contributed by atoms with Crippen LogP contribution in [0, 0.1) is 17.4 Å². The largest absolute Gasteiger partial charge is 0.479 e. The number of amides is 1. The highest BCUT2D eigenvalue weighted by Gasteiger charge is 2.40. The zero-order valence-electron chi connectivity index (χ0n) is 15.2. The van der Waals surface area contributed by atoms with Crippen molar-refractivity contribution < 1.29 is 28.6 Å². The number of aliphatic hydroxyl groups is 1. The van der Waals surface area contributed by atoms with Gasteiger partial charge in [0, 0.05) is 34.6 Å². The molecule has 1 atom stereocenters. The minimum Gasteiger partial charge on any atom is -0.479 e. The minimum absolute atomic E-state index is 0.102. The maximum atomic E-state index is 13.5. The Morgan fingerprint density at radius 3 is 2.37 bits per heavy atom. The summed E-state index contributed by atoms with van der Waals surface area (Å²) in [4.78, 5) is 25.7. The Bertz CT molecular complexity index is 802. The van der Waals surface area contributed by atoms with Gasteiger partial charge in [-0.2, -0.15) is 0 Å². The van der Waals surface area contributed by atoms with Gasteiger partial charge < -0.3 is 15.1 Å². The van der Waals surface area contributed by atoms with Crippen LogP contribution in [-0.2, 0) is 22.6 Å². The average molecular weight is 493 g/mol. The van der Waals surface area contributed by atoms with E-state index in [1.54, 1.807) is 11.8 Å². The highest BCUT2D eigenvalue weighted by Crippen LogP contribution is 2.40. The molecule has 3 rings (SSSR count). The number of carbonyl (C=O) groups is 2. The SMILES string of the molecule is Cc1c(I)c([C@H](O)C(=O)O)c(C)c2c1CN(C1CCC(F)(F)CC1)C(=O)C2. The first-order chi connectivity index (χ1) is 12.5. The molecule has 1 aliphatic heterocycles. The van der Waals surface area contributed by atoms with Gasteiger partial charge in [0.25, 0.3) is 0 Å². The number of carboxylic acids is 1. The minimum atomic E-state index is -2.64. The fourth-order valence-corrected chi connectivity index (χ4v) is 5.22. The second kappa shape index (κ2) is 7.27. The third-order valence-corrected chi connectivity index (χ3v) is 7.24. The number of alkyl halides is 2. The number of aliphatic carboxylic acids is 1. The number of carbonyl (C=O) groups excluding carboxylic acids is 1. The van der Waals surface area contributed by atoms with E-state index in [4.69, 9.17) is 0 Å². The third kappa shape index (κ3) is 3.70. The first-order valence-corrected chi connectivity index (χ1v) is 10.00. The number of hydrogen-bond donors (Lipinski definition) is 2. The molecule has 2 N–H and O–H groups in total. The lowest BCUT2D eigenvalue weighted by Crippen LogP contribution is -2.47. The van der Waals surface area contributed by atoms with Gasteiger partial charge in [0.2, 0.25) is 11.8 Å². The van der Waals surface area contributed by atoms with Crippen LogP contribution in [0.3, 0.4) is 0 Å². The smallest absolute Gasteiger partial charge is 0.337 e. The molecule has 0 spiro atoms. The second-order valence-corrected chi connectivity index (χ2v) is 8.54. The van der Waals surface area contributed by atoms with Gasteiger partial charge in [-0.25, -0.2) is 13.6 Å². The summed E-state index contributed by atoms with van der Waals surface area (Å²) in [6, 6.07) is -0.188. The quantitative estimate of drug-likeness (QED) is 0.633. The molecule has 1 saturated carbocycles. The molecule has 1 aliphatic carbocycles. The molecule has 0 aromatic heterocycles. The Labute approximate surface area is 169 Å². The lowest BCUT2D eigenvalue weighted by atomic mass is 9.84. The van der Waals surface area contributed by atoms with Crippen LogP contribution in [0.5, 0.6) is 0 Å². The van der Waals surface area contributed by atoms with Gasteiger partial charge in [-0.05, 0) is 71.5 Å². The molecule has 2 aliphatic rings. The Kier molecular flexibility index (Phi) is 5.51. The fourth-order valence-electron chi connectivity index (χ4n) is 4.20. The summed E-state index contributed by atoms with van der Waals surface area (Å²) >= 11 is 2.03. The maximum absolute atomic E-state index is 13.5. The topological polar surface area (TPSA) is 77.8 Å². The summed E-state index contributed by atoms with van der Waals surface area (Å²) < 4.78 is 27.6. The van der Waals surface area contributed by atoms with E-state index >= 15 is 0 Å². The van der Waals surface area contributed by atoms with Crippen molar-refractivity contribution in [3.05, 3.63) is 31.4 Å². The molecule has 0 unspecified atom stereocenters. The fraction of sp³-hybridized carbons (Fsp3) is 0.579. The van der Waals surface area contributed by atoms with Crippen LogP contribution in [0.2, 0.25) is 0 Å². The average Bonchev–Trinajstić information content (AvgIpc) is 2.60. The number of halogens is 3. The summed E-state index contributed by atoms with van der Waals surface area (Å²) in [7, 11) is 0. The normalized spacial score (nSPS) is 21.1. The molecule has 1 heterocycles. The van der Waals surface area contributed by atoms with Gasteiger partial charge in [-0.3, -0.25) is 4.79 Å². The number of nitrogens with zero attached hydrogens (tertiary/aromatic N) is 1. The third-order valence-electron chi connectivity index (χ3n) is 5.85. The Hall–Kier alpha value is -1.29. The van der Waals surface area contributed by atoms with Gasteiger partial charge in [-0.1, -0.05) is 0 Å². The van der Waals surface area contributed by atoms with Gasteiger partial charge in [0.1, 0.15) is 0 Å². The summed E-state index contributed by atoms with van der Waals surface area (Å²) in [5, 5.41) is 19.3. The van der Waals surface area contributed by atoms with Gasteiger partial charge in [-0.15, -0.1) is 0 Å². The van der Waals surface area contributed by atoms with Crippen LogP contribution in [0.15, 0.2) is 0 Å². The molecule has 27 heavy (non-hydrogen) atoms. The first-order valence-electron chi connectivity index (χ1n) is 8.92. The van der Waals surface area contributed by atoms with Crippen molar-refractivity contribution in [2.75, 3.05) is 0 Å². The highest BCUT2D eigenvalue weighted by molar-refractivity contribution is 14.1. The maximum Gasteiger partial charge on any atom is 0.337 e. The number of hydrogen-bond acceptors (Lipinski definition) is 3. The molecule has 0 saturated heterocycles. The van der Waals surface area contributed by atoms with Crippen molar-refractivity contribution in [3.8, 4) is 0 Å². The van der Waals surface area contributed by atoms with Gasteiger partial charge in [0.15, 0.2) is 6.10 Å². The highest BCUT2D eigenvalue weighted by atomic mass is 127. The second-order valence-electron chi connectivity index (χ2n) is 7.46. The first kappa shape index (κ1) is 20.4. The van der Waals surface area contributed by atoms with Crippen molar-refractivity contribution in [3.63, 3.8) is 0 Å². The summed E-state index contributed by atoms with van der Waals surface area (Å²) in [6.07, 6.45) is -1.36. The summed E-state index contributed by atoms with van der Waals surface area (Å²) in [6.45, 7) is 3.92. The van der Waals surface area contributed by atoms with E-state index in [0.29, 0.717) is 34.1 Å². The van der Waals surface area contributed by atoms with Crippen molar-refractivity contribution in [2.45, 2.75) is 70.6 Å². The molecule has 5 nitrogen and oxygen atoms in total.